The van der Waals surface area contributed by atoms with Crippen molar-refractivity contribution in [1.29, 1.82) is 0 Å². The highest BCUT2D eigenvalue weighted by molar-refractivity contribution is 8.26. The average molecular weight is 417 g/mol. The Balaban J connectivity index is 1.71. The van der Waals surface area contributed by atoms with Crippen molar-refractivity contribution >= 4 is 51.7 Å². The number of ether oxygens (including phenoxy) is 1. The van der Waals surface area contributed by atoms with Crippen LogP contribution >= 0.6 is 24.0 Å². The van der Waals surface area contributed by atoms with Gasteiger partial charge in [-0.25, -0.2) is 4.98 Å². The lowest BCUT2D eigenvalue weighted by Crippen LogP contribution is -2.35. The largest absolute Gasteiger partial charge is 0.376 e. The van der Waals surface area contributed by atoms with Gasteiger partial charge in [-0.1, -0.05) is 30.0 Å². The van der Waals surface area contributed by atoms with E-state index in [1.165, 1.54) is 16.2 Å². The zero-order valence-corrected chi connectivity index (χ0v) is 17.0. The van der Waals surface area contributed by atoms with Crippen molar-refractivity contribution in [2.75, 3.05) is 25.0 Å². The number of rotatable bonds is 5. The molecule has 0 aromatic carbocycles. The Kier molecular flexibility index (Phi) is 5.47. The second-order valence-corrected chi connectivity index (χ2v) is 8.24. The maximum absolute atomic E-state index is 13.0. The lowest BCUT2D eigenvalue weighted by Gasteiger charge is -2.18. The Bertz CT molecular complexity index is 1030. The minimum atomic E-state index is -0.231. The standard InChI is InChI=1S/C19H20N4O3S2/c1-2-20-16-13(17(24)22-8-4-3-7-15(22)21-16)10-14-18(25)23(19(27)28-14)11-12-6-5-9-26-12/h3-4,7-8,10,12,20H,2,5-6,9,11H2,1H3/b14-10-/t12-/m1/s1. The Hall–Kier alpha value is -2.23. The number of pyridine rings is 1. The summed E-state index contributed by atoms with van der Waals surface area (Å²) in [4.78, 5) is 32.4. The van der Waals surface area contributed by atoms with E-state index in [2.05, 4.69) is 10.3 Å². The molecule has 0 radical (unpaired) electrons. The molecule has 1 amide bonds. The molecule has 4 heterocycles. The summed E-state index contributed by atoms with van der Waals surface area (Å²) in [6, 6.07) is 5.37. The Morgan fingerprint density at radius 1 is 1.43 bits per heavy atom. The van der Waals surface area contributed by atoms with Crippen LogP contribution in [0.15, 0.2) is 34.1 Å². The first-order chi connectivity index (χ1) is 13.6. The van der Waals surface area contributed by atoms with Crippen molar-refractivity contribution < 1.29 is 9.53 Å². The summed E-state index contributed by atoms with van der Waals surface area (Å²) in [5.41, 5.74) is 0.667. The minimum absolute atomic E-state index is 0.0205. The number of hydrogen-bond acceptors (Lipinski definition) is 7. The van der Waals surface area contributed by atoms with E-state index in [1.807, 2.05) is 13.0 Å². The third-order valence-corrected chi connectivity index (χ3v) is 6.05. The number of hydrogen-bond donors (Lipinski definition) is 1. The second-order valence-electron chi connectivity index (χ2n) is 6.57. The van der Waals surface area contributed by atoms with Crippen LogP contribution in [0.3, 0.4) is 0 Å². The molecule has 2 aliphatic rings. The molecular weight excluding hydrogens is 396 g/mol. The van der Waals surface area contributed by atoms with Crippen molar-refractivity contribution in [3.05, 3.63) is 45.2 Å². The molecule has 1 N–H and O–H groups in total. The van der Waals surface area contributed by atoms with Gasteiger partial charge in [0.15, 0.2) is 0 Å². The molecule has 2 saturated heterocycles. The van der Waals surface area contributed by atoms with Crippen molar-refractivity contribution in [2.24, 2.45) is 0 Å². The van der Waals surface area contributed by atoms with Gasteiger partial charge in [-0.3, -0.25) is 18.9 Å². The van der Waals surface area contributed by atoms with Crippen LogP contribution in [0.5, 0.6) is 0 Å². The molecule has 2 aromatic heterocycles. The molecule has 1 atom stereocenters. The molecule has 0 unspecified atom stereocenters. The van der Waals surface area contributed by atoms with Gasteiger partial charge in [0.05, 0.1) is 23.1 Å². The smallest absolute Gasteiger partial charge is 0.267 e. The van der Waals surface area contributed by atoms with Crippen molar-refractivity contribution in [1.82, 2.24) is 14.3 Å². The molecule has 146 valence electrons. The molecule has 0 saturated carbocycles. The summed E-state index contributed by atoms with van der Waals surface area (Å²) in [7, 11) is 0. The number of anilines is 1. The van der Waals surface area contributed by atoms with Gasteiger partial charge in [0.2, 0.25) is 0 Å². The molecule has 4 rings (SSSR count). The highest BCUT2D eigenvalue weighted by Crippen LogP contribution is 2.34. The molecular formula is C19H20N4O3S2. The van der Waals surface area contributed by atoms with Crippen LogP contribution in [-0.2, 0) is 9.53 Å². The van der Waals surface area contributed by atoms with Gasteiger partial charge < -0.3 is 10.1 Å². The maximum Gasteiger partial charge on any atom is 0.267 e. The molecule has 0 bridgehead atoms. The summed E-state index contributed by atoms with van der Waals surface area (Å²) < 4.78 is 7.59. The highest BCUT2D eigenvalue weighted by atomic mass is 32.2. The summed E-state index contributed by atoms with van der Waals surface area (Å²) in [6.45, 7) is 3.72. The van der Waals surface area contributed by atoms with E-state index in [9.17, 15) is 9.59 Å². The monoisotopic (exact) mass is 416 g/mol. The summed E-state index contributed by atoms with van der Waals surface area (Å²) >= 11 is 6.61. The molecule has 0 aliphatic carbocycles. The summed E-state index contributed by atoms with van der Waals surface area (Å²) in [5, 5.41) is 3.12. The van der Waals surface area contributed by atoms with Crippen LogP contribution in [0.2, 0.25) is 0 Å². The van der Waals surface area contributed by atoms with Crippen LogP contribution in [0.25, 0.3) is 11.7 Å². The predicted molar refractivity (Wildman–Crippen MR) is 114 cm³/mol. The van der Waals surface area contributed by atoms with E-state index in [0.29, 0.717) is 39.3 Å². The van der Waals surface area contributed by atoms with Gasteiger partial charge in [0.25, 0.3) is 11.5 Å². The number of carbonyl (C=O) groups is 1. The zero-order valence-electron chi connectivity index (χ0n) is 15.4. The van der Waals surface area contributed by atoms with Crippen LogP contribution in [0.1, 0.15) is 25.3 Å². The van der Waals surface area contributed by atoms with Gasteiger partial charge in [-0.05, 0) is 38.0 Å². The number of aromatic nitrogens is 2. The van der Waals surface area contributed by atoms with Gasteiger partial charge in [0.1, 0.15) is 15.8 Å². The van der Waals surface area contributed by atoms with Crippen LogP contribution < -0.4 is 10.9 Å². The van der Waals surface area contributed by atoms with Gasteiger partial charge in [-0.2, -0.15) is 0 Å². The quantitative estimate of drug-likeness (QED) is 0.593. The summed E-state index contributed by atoms with van der Waals surface area (Å²) in [5.74, 6) is 0.272. The molecule has 9 heteroatoms. The summed E-state index contributed by atoms with van der Waals surface area (Å²) in [6.07, 6.45) is 5.21. The van der Waals surface area contributed by atoms with E-state index in [0.717, 1.165) is 19.4 Å². The zero-order chi connectivity index (χ0) is 19.7. The van der Waals surface area contributed by atoms with Crippen LogP contribution in [-0.4, -0.2) is 50.3 Å². The van der Waals surface area contributed by atoms with Gasteiger partial charge >= 0.3 is 0 Å². The van der Waals surface area contributed by atoms with Crippen LogP contribution in [0.4, 0.5) is 5.82 Å². The number of thioether (sulfide) groups is 1. The van der Waals surface area contributed by atoms with E-state index in [1.54, 1.807) is 29.3 Å². The van der Waals surface area contributed by atoms with Gasteiger partial charge in [-0.15, -0.1) is 0 Å². The van der Waals surface area contributed by atoms with Crippen molar-refractivity contribution in [2.45, 2.75) is 25.9 Å². The van der Waals surface area contributed by atoms with E-state index in [-0.39, 0.29) is 17.6 Å². The number of amides is 1. The molecule has 0 spiro atoms. The lowest BCUT2D eigenvalue weighted by molar-refractivity contribution is -0.123. The first-order valence-electron chi connectivity index (χ1n) is 9.20. The van der Waals surface area contributed by atoms with Crippen LogP contribution in [0, 0.1) is 0 Å². The third-order valence-electron chi connectivity index (χ3n) is 4.67. The Morgan fingerprint density at radius 2 is 2.29 bits per heavy atom. The minimum Gasteiger partial charge on any atom is -0.376 e. The Labute approximate surface area is 171 Å². The predicted octanol–water partition coefficient (Wildman–Crippen LogP) is 2.51. The third kappa shape index (κ3) is 3.57. The van der Waals surface area contributed by atoms with Crippen molar-refractivity contribution in [3.8, 4) is 0 Å². The first kappa shape index (κ1) is 19.1. The SMILES string of the molecule is CCNc1nc2ccccn2c(=O)c1/C=C1\SC(=S)N(C[C@H]2CCCO2)C1=O. The number of thiocarbonyl (C=S) groups is 1. The first-order valence-corrected chi connectivity index (χ1v) is 10.4. The normalized spacial score (nSPS) is 21.2. The number of carbonyl (C=O) groups excluding carboxylic acids is 1. The molecule has 7 nitrogen and oxygen atoms in total. The maximum atomic E-state index is 13.0. The van der Waals surface area contributed by atoms with Crippen molar-refractivity contribution in [3.63, 3.8) is 0 Å². The topological polar surface area (TPSA) is 75.9 Å². The van der Waals surface area contributed by atoms with Gasteiger partial charge in [0, 0.05) is 19.3 Å². The highest BCUT2D eigenvalue weighted by Gasteiger charge is 2.35. The molecule has 28 heavy (non-hydrogen) atoms. The number of fused-ring (bicyclic) bond motifs is 1. The molecule has 2 aromatic rings. The fourth-order valence-corrected chi connectivity index (χ4v) is 4.57. The number of nitrogens with one attached hydrogen (secondary N) is 1. The Morgan fingerprint density at radius 3 is 3.04 bits per heavy atom. The van der Waals surface area contributed by atoms with E-state index in [4.69, 9.17) is 17.0 Å². The fraction of sp³-hybridized carbons (Fsp3) is 0.368. The fourth-order valence-electron chi connectivity index (χ4n) is 3.32. The molecule has 2 aliphatic heterocycles. The van der Waals surface area contributed by atoms with E-state index < -0.39 is 0 Å². The second kappa shape index (κ2) is 8.02. The average Bonchev–Trinajstić information content (AvgIpc) is 3.29. The molecule has 2 fully saturated rings. The lowest BCUT2D eigenvalue weighted by atomic mass is 10.2. The van der Waals surface area contributed by atoms with E-state index >= 15 is 0 Å². The number of nitrogens with zero attached hydrogens (tertiary/aromatic N) is 3.